The van der Waals surface area contributed by atoms with Crippen molar-refractivity contribution in [2.45, 2.75) is 44.7 Å². The van der Waals surface area contributed by atoms with E-state index in [-0.39, 0.29) is 5.91 Å². The summed E-state index contributed by atoms with van der Waals surface area (Å²) in [5, 5.41) is 7.31. The fourth-order valence-electron chi connectivity index (χ4n) is 3.03. The molecule has 0 aromatic carbocycles. The molecule has 5 nitrogen and oxygen atoms in total. The van der Waals surface area contributed by atoms with E-state index in [0.29, 0.717) is 12.6 Å². The zero-order chi connectivity index (χ0) is 14.3. The number of rotatable bonds is 2. The number of thiazole rings is 1. The monoisotopic (exact) mass is 294 g/mol. The Hall–Kier alpha value is -1.14. The summed E-state index contributed by atoms with van der Waals surface area (Å²) in [6.07, 6.45) is 3.42. The first kappa shape index (κ1) is 13.8. The molecule has 1 unspecified atom stereocenters. The highest BCUT2D eigenvalue weighted by Gasteiger charge is 2.40. The van der Waals surface area contributed by atoms with Gasteiger partial charge in [-0.2, -0.15) is 0 Å². The van der Waals surface area contributed by atoms with Gasteiger partial charge in [-0.3, -0.25) is 4.79 Å². The highest BCUT2D eigenvalue weighted by molar-refractivity contribution is 7.15. The lowest BCUT2D eigenvalue weighted by molar-refractivity contribution is -0.126. The Balaban J connectivity index is 1.95. The molecule has 6 heteroatoms. The number of fused-ring (bicyclic) bond motifs is 1. The van der Waals surface area contributed by atoms with E-state index in [1.54, 1.807) is 11.3 Å². The van der Waals surface area contributed by atoms with Gasteiger partial charge in [0.15, 0.2) is 5.13 Å². The topological polar surface area (TPSA) is 57.3 Å². The average molecular weight is 294 g/mol. The Morgan fingerprint density at radius 1 is 1.50 bits per heavy atom. The van der Waals surface area contributed by atoms with Gasteiger partial charge in [-0.05, 0) is 40.2 Å². The molecule has 3 rings (SSSR count). The van der Waals surface area contributed by atoms with E-state index in [0.717, 1.165) is 18.1 Å². The summed E-state index contributed by atoms with van der Waals surface area (Å²) in [6, 6.07) is 0.423. The van der Waals surface area contributed by atoms with Crippen LogP contribution < -0.4 is 15.5 Å². The second kappa shape index (κ2) is 5.00. The lowest BCUT2D eigenvalue weighted by Crippen LogP contribution is -2.62. The maximum atomic E-state index is 12.1. The third-order valence-electron chi connectivity index (χ3n) is 4.37. The summed E-state index contributed by atoms with van der Waals surface area (Å²) in [5.74, 6) is 0.0853. The number of aryl methyl sites for hydroxylation is 1. The van der Waals surface area contributed by atoms with Gasteiger partial charge in [0.1, 0.15) is 5.54 Å². The third-order valence-corrected chi connectivity index (χ3v) is 5.60. The maximum absolute atomic E-state index is 12.1. The van der Waals surface area contributed by atoms with Crippen molar-refractivity contribution in [1.82, 2.24) is 15.6 Å². The van der Waals surface area contributed by atoms with E-state index >= 15 is 0 Å². The minimum Gasteiger partial charge on any atom is -0.352 e. The number of piperazine rings is 1. The predicted molar refractivity (Wildman–Crippen MR) is 81.3 cm³/mol. The molecule has 20 heavy (non-hydrogen) atoms. The van der Waals surface area contributed by atoms with E-state index < -0.39 is 5.54 Å². The highest BCUT2D eigenvalue weighted by atomic mass is 32.1. The molecule has 1 atom stereocenters. The van der Waals surface area contributed by atoms with Crippen LogP contribution in [-0.2, 0) is 11.2 Å². The van der Waals surface area contributed by atoms with Crippen LogP contribution in [0.5, 0.6) is 0 Å². The molecule has 0 radical (unpaired) electrons. The minimum absolute atomic E-state index is 0.0853. The molecule has 110 valence electrons. The number of aromatic nitrogens is 1. The first-order valence-corrected chi connectivity index (χ1v) is 8.08. The number of nitrogens with zero attached hydrogens (tertiary/aromatic N) is 2. The fraction of sp³-hybridized carbons (Fsp3) is 0.714. The molecule has 2 N–H and O–H groups in total. The van der Waals surface area contributed by atoms with Crippen molar-refractivity contribution < 1.29 is 4.79 Å². The van der Waals surface area contributed by atoms with Crippen molar-refractivity contribution in [3.63, 3.8) is 0 Å². The largest absolute Gasteiger partial charge is 0.352 e. The molecule has 1 fully saturated rings. The van der Waals surface area contributed by atoms with Gasteiger partial charge in [0, 0.05) is 24.0 Å². The molecular formula is C14H22N4OS. The molecule has 1 saturated heterocycles. The summed E-state index contributed by atoms with van der Waals surface area (Å²) in [7, 11) is 2.01. The second-order valence-corrected chi connectivity index (χ2v) is 7.02. The zero-order valence-corrected chi connectivity index (χ0v) is 13.1. The van der Waals surface area contributed by atoms with Crippen molar-refractivity contribution in [3.8, 4) is 0 Å². The number of hydrogen-bond donors (Lipinski definition) is 2. The molecule has 2 aliphatic rings. The van der Waals surface area contributed by atoms with Crippen molar-refractivity contribution in [2.75, 3.05) is 25.0 Å². The molecule has 1 amide bonds. The maximum Gasteiger partial charge on any atom is 0.245 e. The van der Waals surface area contributed by atoms with Crippen LogP contribution in [0.2, 0.25) is 0 Å². The van der Waals surface area contributed by atoms with Gasteiger partial charge in [-0.15, -0.1) is 0 Å². The molecule has 1 aromatic rings. The van der Waals surface area contributed by atoms with Crippen LogP contribution in [0.4, 0.5) is 5.13 Å². The number of hydrogen-bond acceptors (Lipinski definition) is 5. The Morgan fingerprint density at radius 3 is 3.05 bits per heavy atom. The summed E-state index contributed by atoms with van der Waals surface area (Å²) in [4.78, 5) is 20.4. The summed E-state index contributed by atoms with van der Waals surface area (Å²) in [6.45, 7) is 5.46. The van der Waals surface area contributed by atoms with Crippen molar-refractivity contribution in [3.05, 3.63) is 10.6 Å². The van der Waals surface area contributed by atoms with Crippen LogP contribution in [-0.4, -0.2) is 36.6 Å². The highest BCUT2D eigenvalue weighted by Crippen LogP contribution is 2.39. The number of anilines is 1. The molecule has 1 aliphatic carbocycles. The van der Waals surface area contributed by atoms with E-state index in [2.05, 4.69) is 15.5 Å². The van der Waals surface area contributed by atoms with Crippen LogP contribution in [0, 0.1) is 0 Å². The van der Waals surface area contributed by atoms with Gasteiger partial charge in [-0.1, -0.05) is 11.3 Å². The fourth-order valence-corrected chi connectivity index (χ4v) is 4.46. The Kier molecular flexibility index (Phi) is 3.46. The SMILES string of the molecule is CNC1CCCc2nc(N3CCNC(=O)C3(C)C)sc21. The Morgan fingerprint density at radius 2 is 2.30 bits per heavy atom. The molecule has 1 aromatic heterocycles. The second-order valence-electron chi connectivity index (χ2n) is 6.01. The number of nitrogens with one attached hydrogen (secondary N) is 2. The summed E-state index contributed by atoms with van der Waals surface area (Å²) in [5.41, 5.74) is 0.700. The molecule has 0 spiro atoms. The van der Waals surface area contributed by atoms with Crippen molar-refractivity contribution in [1.29, 1.82) is 0 Å². The number of carbonyl (C=O) groups excluding carboxylic acids is 1. The lowest BCUT2D eigenvalue weighted by Gasteiger charge is -2.41. The normalized spacial score (nSPS) is 25.2. The first-order valence-electron chi connectivity index (χ1n) is 7.27. The first-order chi connectivity index (χ1) is 9.54. The summed E-state index contributed by atoms with van der Waals surface area (Å²) < 4.78 is 0. The van der Waals surface area contributed by atoms with E-state index in [1.807, 2.05) is 20.9 Å². The third kappa shape index (κ3) is 2.11. The molecule has 2 heterocycles. The van der Waals surface area contributed by atoms with Crippen LogP contribution in [0.3, 0.4) is 0 Å². The van der Waals surface area contributed by atoms with Gasteiger partial charge in [0.25, 0.3) is 0 Å². The van der Waals surface area contributed by atoms with Crippen LogP contribution >= 0.6 is 11.3 Å². The van der Waals surface area contributed by atoms with Crippen LogP contribution in [0.15, 0.2) is 0 Å². The van der Waals surface area contributed by atoms with Gasteiger partial charge in [0.2, 0.25) is 5.91 Å². The van der Waals surface area contributed by atoms with Gasteiger partial charge >= 0.3 is 0 Å². The van der Waals surface area contributed by atoms with Gasteiger partial charge < -0.3 is 15.5 Å². The Bertz CT molecular complexity index is 525. The standard InChI is InChI=1S/C14H22N4OS/c1-14(2)12(19)16-7-8-18(14)13-17-10-6-4-5-9(15-3)11(10)20-13/h9,15H,4-8H2,1-3H3,(H,16,19). The molecular weight excluding hydrogens is 272 g/mol. The lowest BCUT2D eigenvalue weighted by atomic mass is 9.98. The van der Waals surface area contributed by atoms with E-state index in [9.17, 15) is 4.79 Å². The molecule has 1 aliphatic heterocycles. The quantitative estimate of drug-likeness (QED) is 0.867. The molecule has 0 saturated carbocycles. The van der Waals surface area contributed by atoms with Crippen LogP contribution in [0.25, 0.3) is 0 Å². The number of amides is 1. The van der Waals surface area contributed by atoms with Gasteiger partial charge in [-0.25, -0.2) is 4.98 Å². The van der Waals surface area contributed by atoms with Crippen LogP contribution in [0.1, 0.15) is 43.3 Å². The van der Waals surface area contributed by atoms with Gasteiger partial charge in [0.05, 0.1) is 5.69 Å². The molecule has 0 bridgehead atoms. The van der Waals surface area contributed by atoms with E-state index in [4.69, 9.17) is 4.98 Å². The minimum atomic E-state index is -0.520. The van der Waals surface area contributed by atoms with Crippen molar-refractivity contribution >= 4 is 22.4 Å². The average Bonchev–Trinajstić information content (AvgIpc) is 2.85. The smallest absolute Gasteiger partial charge is 0.245 e. The summed E-state index contributed by atoms with van der Waals surface area (Å²) >= 11 is 1.75. The predicted octanol–water partition coefficient (Wildman–Crippen LogP) is 1.45. The zero-order valence-electron chi connectivity index (χ0n) is 12.3. The van der Waals surface area contributed by atoms with E-state index in [1.165, 1.54) is 23.4 Å². The number of carbonyl (C=O) groups is 1. The van der Waals surface area contributed by atoms with Crippen molar-refractivity contribution in [2.24, 2.45) is 0 Å². The Labute approximate surface area is 123 Å².